The maximum atomic E-state index is 13.1. The number of nitrogens with zero attached hydrogens (tertiary/aromatic N) is 3. The number of carboxylic acid groups (broad SMARTS) is 1. The van der Waals surface area contributed by atoms with Gasteiger partial charge in [0, 0.05) is 44.3 Å². The van der Waals surface area contributed by atoms with Crippen molar-refractivity contribution in [1.29, 1.82) is 0 Å². The molecular formula is C25H35F3N4O4. The molecule has 0 aromatic heterocycles. The molecule has 3 aliphatic heterocycles. The highest BCUT2D eigenvalue weighted by molar-refractivity contribution is 5.74. The summed E-state index contributed by atoms with van der Waals surface area (Å²) in [6.07, 6.45) is -2.91. The molecule has 0 aliphatic carbocycles. The number of amides is 2. The Morgan fingerprint density at radius 3 is 2.42 bits per heavy atom. The Bertz CT molecular complexity index is 902. The number of rotatable bonds is 6. The number of carbonyl (C=O) groups excluding carboxylic acids is 2. The normalized spacial score (nSPS) is 24.1. The Morgan fingerprint density at radius 2 is 1.75 bits per heavy atom. The van der Waals surface area contributed by atoms with Gasteiger partial charge in [-0.15, -0.1) is 0 Å². The predicted octanol–water partition coefficient (Wildman–Crippen LogP) is 0.331. The fraction of sp³-hybridized carbons (Fsp3) is 0.680. The average Bonchev–Trinajstić information content (AvgIpc) is 2.88. The summed E-state index contributed by atoms with van der Waals surface area (Å²) in [7, 11) is 0. The summed E-state index contributed by atoms with van der Waals surface area (Å²) in [5.41, 5.74) is -0.0512. The van der Waals surface area contributed by atoms with Gasteiger partial charge in [-0.1, -0.05) is 6.07 Å². The van der Waals surface area contributed by atoms with Gasteiger partial charge < -0.3 is 34.2 Å². The molecule has 0 bridgehead atoms. The van der Waals surface area contributed by atoms with Crippen LogP contribution in [0.4, 0.5) is 23.7 Å². The van der Waals surface area contributed by atoms with Crippen LogP contribution in [0.2, 0.25) is 0 Å². The van der Waals surface area contributed by atoms with Crippen molar-refractivity contribution in [2.75, 3.05) is 77.0 Å². The minimum atomic E-state index is -4.36. The summed E-state index contributed by atoms with van der Waals surface area (Å²) in [4.78, 5) is 31.3. The van der Waals surface area contributed by atoms with E-state index < -0.39 is 17.7 Å². The number of urea groups is 1. The van der Waals surface area contributed by atoms with E-state index in [4.69, 9.17) is 4.74 Å². The third-order valence-corrected chi connectivity index (χ3v) is 7.75. The zero-order valence-corrected chi connectivity index (χ0v) is 20.5. The first-order valence-corrected chi connectivity index (χ1v) is 12.8. The third-order valence-electron chi connectivity index (χ3n) is 7.75. The number of morpholine rings is 1. The molecule has 0 radical (unpaired) electrons. The van der Waals surface area contributed by atoms with Crippen molar-refractivity contribution in [2.45, 2.75) is 25.4 Å². The lowest BCUT2D eigenvalue weighted by molar-refractivity contribution is -0.901. The highest BCUT2D eigenvalue weighted by Crippen LogP contribution is 2.32. The van der Waals surface area contributed by atoms with E-state index in [2.05, 4.69) is 0 Å². The standard InChI is InChI=1S/C25H35F3N4O4/c26-25(27,28)21-2-1-3-22(17-21)30-10-8-29(9-11-30)6-4-20-18-32(7-5-19(20)16-23(33)34)24(35)31-12-14-36-15-13-31/h1-3,17,19-20H,4-16,18H2,(H,33,34)/t19-,20-/m0/s1. The fourth-order valence-electron chi connectivity index (χ4n) is 5.62. The molecule has 3 fully saturated rings. The summed E-state index contributed by atoms with van der Waals surface area (Å²) in [6.45, 7) is 7.05. The van der Waals surface area contributed by atoms with Crippen molar-refractivity contribution in [2.24, 2.45) is 11.8 Å². The number of piperidine rings is 1. The monoisotopic (exact) mass is 512 g/mol. The highest BCUT2D eigenvalue weighted by Gasteiger charge is 2.35. The first kappa shape index (κ1) is 26.5. The van der Waals surface area contributed by atoms with Gasteiger partial charge in [-0.2, -0.15) is 13.2 Å². The molecule has 0 spiro atoms. The number of piperazine rings is 1. The number of hydrogen-bond donors (Lipinski definition) is 1. The molecule has 1 aromatic rings. The Kier molecular flexibility index (Phi) is 8.61. The lowest BCUT2D eigenvalue weighted by atomic mass is 9.81. The van der Waals surface area contributed by atoms with Gasteiger partial charge in [-0.05, 0) is 42.9 Å². The molecule has 2 atom stereocenters. The topological polar surface area (TPSA) is 80.6 Å². The number of aliphatic carboxylic acids is 1. The number of benzene rings is 1. The van der Waals surface area contributed by atoms with Crippen LogP contribution in [0.25, 0.3) is 0 Å². The van der Waals surface area contributed by atoms with Crippen molar-refractivity contribution in [1.82, 2.24) is 9.80 Å². The van der Waals surface area contributed by atoms with Crippen LogP contribution in [0.15, 0.2) is 24.3 Å². The second-order valence-corrected chi connectivity index (χ2v) is 10.0. The van der Waals surface area contributed by atoms with Gasteiger partial charge in [-0.25, -0.2) is 4.79 Å². The van der Waals surface area contributed by atoms with Crippen molar-refractivity contribution in [3.63, 3.8) is 0 Å². The van der Waals surface area contributed by atoms with E-state index in [1.165, 1.54) is 17.0 Å². The Morgan fingerprint density at radius 1 is 1.03 bits per heavy atom. The van der Waals surface area contributed by atoms with E-state index in [9.17, 15) is 27.9 Å². The fourth-order valence-corrected chi connectivity index (χ4v) is 5.62. The van der Waals surface area contributed by atoms with Crippen LogP contribution >= 0.6 is 0 Å². The van der Waals surface area contributed by atoms with Gasteiger partial charge in [0.05, 0.1) is 51.5 Å². The second-order valence-electron chi connectivity index (χ2n) is 10.0. The summed E-state index contributed by atoms with van der Waals surface area (Å²) in [5, 5.41) is 11.3. The zero-order chi connectivity index (χ0) is 25.7. The van der Waals surface area contributed by atoms with Crippen molar-refractivity contribution in [3.8, 4) is 0 Å². The van der Waals surface area contributed by atoms with Crippen molar-refractivity contribution in [3.05, 3.63) is 29.8 Å². The number of likely N-dealkylation sites (tertiary alicyclic amines) is 1. The molecule has 0 saturated carbocycles. The lowest BCUT2D eigenvalue weighted by Gasteiger charge is -2.42. The van der Waals surface area contributed by atoms with Crippen LogP contribution in [0.1, 0.15) is 24.8 Å². The lowest BCUT2D eigenvalue weighted by Crippen LogP contribution is -3.15. The molecule has 3 saturated heterocycles. The number of anilines is 1. The van der Waals surface area contributed by atoms with Gasteiger partial charge in [-0.3, -0.25) is 0 Å². The molecular weight excluding hydrogens is 477 g/mol. The van der Waals surface area contributed by atoms with Crippen LogP contribution in [-0.2, 0) is 15.7 Å². The van der Waals surface area contributed by atoms with Gasteiger partial charge in [0.2, 0.25) is 0 Å². The van der Waals surface area contributed by atoms with Crippen molar-refractivity contribution >= 4 is 17.7 Å². The largest absolute Gasteiger partial charge is 0.550 e. The van der Waals surface area contributed by atoms with E-state index >= 15 is 0 Å². The summed E-state index contributed by atoms with van der Waals surface area (Å²) in [5.74, 6) is -0.995. The van der Waals surface area contributed by atoms with E-state index in [0.29, 0.717) is 64.6 Å². The van der Waals surface area contributed by atoms with Crippen LogP contribution in [0.5, 0.6) is 0 Å². The van der Waals surface area contributed by atoms with Gasteiger partial charge >= 0.3 is 12.2 Å². The van der Waals surface area contributed by atoms with Gasteiger partial charge in [0.1, 0.15) is 0 Å². The number of alkyl halides is 3. The first-order chi connectivity index (χ1) is 17.2. The molecule has 36 heavy (non-hydrogen) atoms. The maximum absolute atomic E-state index is 13.1. The number of ether oxygens (including phenoxy) is 1. The molecule has 4 rings (SSSR count). The molecule has 2 amide bonds. The quantitative estimate of drug-likeness (QED) is 0.595. The third kappa shape index (κ3) is 6.82. The zero-order valence-electron chi connectivity index (χ0n) is 20.5. The van der Waals surface area contributed by atoms with E-state index in [0.717, 1.165) is 32.1 Å². The van der Waals surface area contributed by atoms with E-state index in [1.54, 1.807) is 11.0 Å². The minimum Gasteiger partial charge on any atom is -0.550 e. The van der Waals surface area contributed by atoms with Crippen LogP contribution in [-0.4, -0.2) is 93.9 Å². The number of carbonyl (C=O) groups is 2. The highest BCUT2D eigenvalue weighted by atomic mass is 19.4. The van der Waals surface area contributed by atoms with Gasteiger partial charge in [0.25, 0.3) is 0 Å². The van der Waals surface area contributed by atoms with E-state index in [1.807, 2.05) is 9.80 Å². The van der Waals surface area contributed by atoms with Crippen LogP contribution in [0, 0.1) is 11.8 Å². The Hall–Kier alpha value is -2.53. The number of hydrogen-bond acceptors (Lipinski definition) is 5. The Labute approximate surface area is 209 Å². The molecule has 3 heterocycles. The van der Waals surface area contributed by atoms with Crippen LogP contribution < -0.4 is 14.9 Å². The van der Waals surface area contributed by atoms with Crippen molar-refractivity contribution < 1.29 is 37.5 Å². The number of nitrogens with one attached hydrogen (secondary N) is 1. The summed E-state index contributed by atoms with van der Waals surface area (Å²) >= 11 is 0. The van der Waals surface area contributed by atoms with E-state index in [-0.39, 0.29) is 24.3 Å². The molecule has 200 valence electrons. The molecule has 3 aliphatic rings. The Balaban J connectivity index is 1.30. The number of carboxylic acids is 1. The molecule has 1 N–H and O–H groups in total. The first-order valence-electron chi connectivity index (χ1n) is 12.8. The van der Waals surface area contributed by atoms with Gasteiger partial charge in [0.15, 0.2) is 0 Å². The molecule has 0 unspecified atom stereocenters. The maximum Gasteiger partial charge on any atom is 0.416 e. The molecule has 1 aromatic carbocycles. The average molecular weight is 513 g/mol. The predicted molar refractivity (Wildman–Crippen MR) is 124 cm³/mol. The smallest absolute Gasteiger partial charge is 0.416 e. The second kappa shape index (κ2) is 11.7. The summed E-state index contributed by atoms with van der Waals surface area (Å²) < 4.78 is 44.6. The SMILES string of the molecule is O=C([O-])C[C@@H]1CCN(C(=O)N2CCOCC2)C[C@@H]1CC[NH+]1CCN(c2cccc(C(F)(F)F)c2)CC1. The molecule has 11 heteroatoms. The number of halogens is 3. The molecule has 8 nitrogen and oxygen atoms in total. The number of quaternary nitrogens is 1. The minimum absolute atomic E-state index is 0.00255. The van der Waals surface area contributed by atoms with Crippen LogP contribution in [0.3, 0.4) is 0 Å². The summed E-state index contributed by atoms with van der Waals surface area (Å²) in [6, 6.07) is 5.45.